The third kappa shape index (κ3) is 4.18. The topological polar surface area (TPSA) is 75.3 Å². The van der Waals surface area contributed by atoms with Crippen LogP contribution in [0, 0.1) is 0 Å². The number of aromatic nitrogens is 2. The minimum atomic E-state index is -0.0357. The highest BCUT2D eigenvalue weighted by Crippen LogP contribution is 2.35. The van der Waals surface area contributed by atoms with E-state index < -0.39 is 0 Å². The molecule has 1 aromatic carbocycles. The second kappa shape index (κ2) is 9.27. The number of hydrogen-bond acceptors (Lipinski definition) is 6. The van der Waals surface area contributed by atoms with Gasteiger partial charge in [-0.05, 0) is 62.3 Å². The van der Waals surface area contributed by atoms with E-state index in [4.69, 9.17) is 4.74 Å². The highest BCUT2D eigenvalue weighted by Gasteiger charge is 2.29. The molecule has 2 aromatic heterocycles. The highest BCUT2D eigenvalue weighted by atomic mass is 32.2. The van der Waals surface area contributed by atoms with E-state index in [1.54, 1.807) is 11.3 Å². The summed E-state index contributed by atoms with van der Waals surface area (Å²) in [7, 11) is 0. The maximum absolute atomic E-state index is 13.0. The van der Waals surface area contributed by atoms with Crippen LogP contribution in [0.3, 0.4) is 0 Å². The minimum Gasteiger partial charge on any atom is -0.494 e. The molecule has 6 nitrogen and oxygen atoms in total. The lowest BCUT2D eigenvalue weighted by atomic mass is 10.0. The van der Waals surface area contributed by atoms with Gasteiger partial charge in [0.05, 0.1) is 29.5 Å². The molecule has 1 amide bonds. The maximum Gasteiger partial charge on any atom is 0.259 e. The Labute approximate surface area is 195 Å². The van der Waals surface area contributed by atoms with E-state index in [2.05, 4.69) is 22.1 Å². The van der Waals surface area contributed by atoms with Crippen molar-refractivity contribution in [2.45, 2.75) is 50.8 Å². The van der Waals surface area contributed by atoms with Crippen LogP contribution in [-0.4, -0.2) is 39.7 Å². The lowest BCUT2D eigenvalue weighted by Crippen LogP contribution is -2.32. The van der Waals surface area contributed by atoms with E-state index >= 15 is 0 Å². The summed E-state index contributed by atoms with van der Waals surface area (Å²) in [5, 5.41) is 0.780. The molecule has 32 heavy (non-hydrogen) atoms. The van der Waals surface area contributed by atoms with Crippen molar-refractivity contribution >= 4 is 39.2 Å². The van der Waals surface area contributed by atoms with E-state index in [1.807, 2.05) is 24.0 Å². The van der Waals surface area contributed by atoms with Crippen LogP contribution in [0.25, 0.3) is 10.2 Å². The molecule has 0 saturated carbocycles. The van der Waals surface area contributed by atoms with Gasteiger partial charge in [-0.3, -0.25) is 9.59 Å². The van der Waals surface area contributed by atoms with Crippen LogP contribution in [-0.2, 0) is 23.4 Å². The normalized spacial score (nSPS) is 17.8. The SMILES string of the molecule is CCOc1ccc(C2CCCN2C(=O)CSCc2nc3sc4c(c3c(=O)[nH]2)CCC4)cc1. The van der Waals surface area contributed by atoms with Crippen LogP contribution in [0.15, 0.2) is 29.1 Å². The van der Waals surface area contributed by atoms with Crippen molar-refractivity contribution in [3.8, 4) is 5.75 Å². The molecule has 1 N–H and O–H groups in total. The lowest BCUT2D eigenvalue weighted by molar-refractivity contribution is -0.129. The van der Waals surface area contributed by atoms with Crippen molar-refractivity contribution in [3.63, 3.8) is 0 Å². The zero-order valence-corrected chi connectivity index (χ0v) is 19.8. The lowest BCUT2D eigenvalue weighted by Gasteiger charge is -2.25. The molecule has 1 aliphatic carbocycles. The summed E-state index contributed by atoms with van der Waals surface area (Å²) in [5.74, 6) is 2.57. The van der Waals surface area contributed by atoms with Crippen LogP contribution >= 0.6 is 23.1 Å². The van der Waals surface area contributed by atoms with Gasteiger partial charge in [-0.15, -0.1) is 23.1 Å². The fraction of sp³-hybridized carbons (Fsp3) is 0.458. The minimum absolute atomic E-state index is 0.0357. The quantitative estimate of drug-likeness (QED) is 0.553. The first kappa shape index (κ1) is 21.5. The number of nitrogens with zero attached hydrogens (tertiary/aromatic N) is 2. The monoisotopic (exact) mass is 469 g/mol. The van der Waals surface area contributed by atoms with Crippen molar-refractivity contribution in [3.05, 3.63) is 56.4 Å². The van der Waals surface area contributed by atoms with Gasteiger partial charge < -0.3 is 14.6 Å². The van der Waals surface area contributed by atoms with Crippen LogP contribution in [0.5, 0.6) is 5.75 Å². The number of thioether (sulfide) groups is 1. The molecule has 3 heterocycles. The molecule has 0 spiro atoms. The van der Waals surface area contributed by atoms with E-state index in [0.717, 1.165) is 60.2 Å². The number of aryl methyl sites for hydroxylation is 2. The Morgan fingerprint density at radius 1 is 1.28 bits per heavy atom. The Bertz CT molecular complexity index is 1190. The number of H-pyrrole nitrogens is 1. The van der Waals surface area contributed by atoms with Gasteiger partial charge in [-0.1, -0.05) is 12.1 Å². The number of carbonyl (C=O) groups is 1. The summed E-state index contributed by atoms with van der Waals surface area (Å²) < 4.78 is 5.53. The fourth-order valence-electron chi connectivity index (χ4n) is 4.80. The number of hydrogen-bond donors (Lipinski definition) is 1. The Morgan fingerprint density at radius 2 is 2.12 bits per heavy atom. The van der Waals surface area contributed by atoms with Crippen LogP contribution in [0.2, 0.25) is 0 Å². The van der Waals surface area contributed by atoms with Gasteiger partial charge in [0.2, 0.25) is 5.91 Å². The second-order valence-electron chi connectivity index (χ2n) is 8.29. The molecular weight excluding hydrogens is 442 g/mol. The van der Waals surface area contributed by atoms with E-state index in [-0.39, 0.29) is 17.5 Å². The smallest absolute Gasteiger partial charge is 0.259 e. The van der Waals surface area contributed by atoms with Crippen LogP contribution in [0.1, 0.15) is 54.1 Å². The maximum atomic E-state index is 13.0. The summed E-state index contributed by atoms with van der Waals surface area (Å²) >= 11 is 3.17. The number of ether oxygens (including phenoxy) is 1. The zero-order valence-electron chi connectivity index (χ0n) is 18.2. The molecule has 2 aliphatic rings. The molecule has 168 valence electrons. The zero-order chi connectivity index (χ0) is 22.1. The summed E-state index contributed by atoms with van der Waals surface area (Å²) in [6.45, 7) is 3.41. The Morgan fingerprint density at radius 3 is 2.94 bits per heavy atom. The molecular formula is C24H27N3O3S2. The molecule has 1 atom stereocenters. The molecule has 5 rings (SSSR count). The van der Waals surface area contributed by atoms with E-state index in [0.29, 0.717) is 23.9 Å². The van der Waals surface area contributed by atoms with Gasteiger partial charge in [0, 0.05) is 11.4 Å². The predicted octanol–water partition coefficient (Wildman–Crippen LogP) is 4.47. The fourth-order valence-corrected chi connectivity index (χ4v) is 6.85. The molecule has 1 saturated heterocycles. The number of thiophene rings is 1. The molecule has 3 aromatic rings. The van der Waals surface area contributed by atoms with Crippen LogP contribution in [0.4, 0.5) is 0 Å². The molecule has 1 unspecified atom stereocenters. The van der Waals surface area contributed by atoms with Gasteiger partial charge in [0.25, 0.3) is 5.56 Å². The largest absolute Gasteiger partial charge is 0.494 e. The van der Waals surface area contributed by atoms with Gasteiger partial charge in [0.15, 0.2) is 0 Å². The first-order valence-electron chi connectivity index (χ1n) is 11.3. The third-order valence-electron chi connectivity index (χ3n) is 6.24. The van der Waals surface area contributed by atoms with Gasteiger partial charge in [-0.25, -0.2) is 4.98 Å². The van der Waals surface area contributed by atoms with Crippen LogP contribution < -0.4 is 10.3 Å². The third-order valence-corrected chi connectivity index (χ3v) is 8.35. The summed E-state index contributed by atoms with van der Waals surface area (Å²) in [4.78, 5) is 37.3. The predicted molar refractivity (Wildman–Crippen MR) is 130 cm³/mol. The Kier molecular flexibility index (Phi) is 6.24. The number of likely N-dealkylation sites (tertiary alicyclic amines) is 1. The van der Waals surface area contributed by atoms with Crippen molar-refractivity contribution in [1.29, 1.82) is 0 Å². The molecule has 0 radical (unpaired) electrons. The average Bonchev–Trinajstić information content (AvgIpc) is 3.50. The molecule has 8 heteroatoms. The van der Waals surface area contributed by atoms with Crippen molar-refractivity contribution < 1.29 is 9.53 Å². The summed E-state index contributed by atoms with van der Waals surface area (Å²) in [5.41, 5.74) is 2.32. The number of aromatic amines is 1. The number of nitrogens with one attached hydrogen (secondary N) is 1. The van der Waals surface area contributed by atoms with Crippen molar-refractivity contribution in [2.24, 2.45) is 0 Å². The number of benzene rings is 1. The Hall–Kier alpha value is -2.32. The Balaban J connectivity index is 1.21. The molecule has 0 bridgehead atoms. The summed E-state index contributed by atoms with van der Waals surface area (Å²) in [6, 6.07) is 8.22. The standard InChI is InChI=1S/C24H27N3O3S2/c1-2-30-16-10-8-15(9-11-16)18-6-4-12-27(18)21(28)14-31-13-20-25-23(29)22-17-5-3-7-19(17)32-24(22)26-20/h8-11,18H,2-7,12-14H2,1H3,(H,25,26,29). The average molecular weight is 470 g/mol. The van der Waals surface area contributed by atoms with Gasteiger partial charge in [-0.2, -0.15) is 0 Å². The first-order chi connectivity index (χ1) is 15.6. The molecule has 1 fully saturated rings. The van der Waals surface area contributed by atoms with Crippen molar-refractivity contribution in [2.75, 3.05) is 18.9 Å². The number of carbonyl (C=O) groups excluding carboxylic acids is 1. The number of fused-ring (bicyclic) bond motifs is 3. The van der Waals surface area contributed by atoms with E-state index in [9.17, 15) is 9.59 Å². The molecule has 1 aliphatic heterocycles. The van der Waals surface area contributed by atoms with E-state index in [1.165, 1.54) is 22.2 Å². The highest BCUT2D eigenvalue weighted by molar-refractivity contribution is 7.99. The van der Waals surface area contributed by atoms with Crippen molar-refractivity contribution in [1.82, 2.24) is 14.9 Å². The summed E-state index contributed by atoms with van der Waals surface area (Å²) in [6.07, 6.45) is 5.17. The number of amides is 1. The van der Waals surface area contributed by atoms with Gasteiger partial charge in [0.1, 0.15) is 16.4 Å². The van der Waals surface area contributed by atoms with Gasteiger partial charge >= 0.3 is 0 Å². The first-order valence-corrected chi connectivity index (χ1v) is 13.2. The second-order valence-corrected chi connectivity index (χ2v) is 10.4. The number of rotatable bonds is 7.